The standard InChI is InChI=1S/C9H8N4O2/c10-12-8(14)7-11-9(15-13-7)6-4-2-1-3-5-6/h1-5H,10H2,(H,12,14). The zero-order valence-corrected chi connectivity index (χ0v) is 7.68. The van der Waals surface area contributed by atoms with E-state index in [1.165, 1.54) is 0 Å². The van der Waals surface area contributed by atoms with Crippen molar-refractivity contribution in [3.05, 3.63) is 36.2 Å². The summed E-state index contributed by atoms with van der Waals surface area (Å²) in [6.07, 6.45) is 0. The van der Waals surface area contributed by atoms with Gasteiger partial charge < -0.3 is 4.52 Å². The van der Waals surface area contributed by atoms with Gasteiger partial charge in [0.05, 0.1) is 0 Å². The highest BCUT2D eigenvalue weighted by Crippen LogP contribution is 2.15. The van der Waals surface area contributed by atoms with Crippen molar-refractivity contribution in [1.29, 1.82) is 0 Å². The van der Waals surface area contributed by atoms with Crippen LogP contribution >= 0.6 is 0 Å². The van der Waals surface area contributed by atoms with Crippen molar-refractivity contribution in [2.45, 2.75) is 0 Å². The van der Waals surface area contributed by atoms with Gasteiger partial charge in [0.15, 0.2) is 0 Å². The summed E-state index contributed by atoms with van der Waals surface area (Å²) in [6.45, 7) is 0. The predicted octanol–water partition coefficient (Wildman–Crippen LogP) is 0.340. The van der Waals surface area contributed by atoms with E-state index >= 15 is 0 Å². The second-order valence-corrected chi connectivity index (χ2v) is 2.76. The number of amides is 1. The minimum absolute atomic E-state index is 0.0867. The third-order valence-electron chi connectivity index (χ3n) is 1.78. The maximum atomic E-state index is 11.0. The van der Waals surface area contributed by atoms with Crippen molar-refractivity contribution in [3.63, 3.8) is 0 Å². The number of rotatable bonds is 2. The van der Waals surface area contributed by atoms with Crippen LogP contribution in [0.25, 0.3) is 11.5 Å². The van der Waals surface area contributed by atoms with E-state index in [-0.39, 0.29) is 11.7 Å². The minimum Gasteiger partial charge on any atom is -0.333 e. The molecule has 0 unspecified atom stereocenters. The number of hydrogen-bond donors (Lipinski definition) is 2. The number of nitrogen functional groups attached to an aromatic ring is 1. The monoisotopic (exact) mass is 204 g/mol. The Balaban J connectivity index is 2.32. The molecule has 1 amide bonds. The van der Waals surface area contributed by atoms with Crippen LogP contribution in [0.5, 0.6) is 0 Å². The van der Waals surface area contributed by atoms with Gasteiger partial charge in [-0.2, -0.15) is 4.98 Å². The summed E-state index contributed by atoms with van der Waals surface area (Å²) < 4.78 is 4.90. The summed E-state index contributed by atoms with van der Waals surface area (Å²) in [7, 11) is 0. The Labute approximate surface area is 85.1 Å². The average molecular weight is 204 g/mol. The molecule has 0 atom stereocenters. The van der Waals surface area contributed by atoms with Gasteiger partial charge in [-0.3, -0.25) is 10.2 Å². The SMILES string of the molecule is NNC(=O)c1noc(-c2ccccc2)n1. The van der Waals surface area contributed by atoms with E-state index in [1.807, 2.05) is 23.6 Å². The van der Waals surface area contributed by atoms with Crippen LogP contribution in [0, 0.1) is 0 Å². The van der Waals surface area contributed by atoms with Crippen LogP contribution in [-0.4, -0.2) is 16.0 Å². The quantitative estimate of drug-likeness (QED) is 0.418. The first-order valence-corrected chi connectivity index (χ1v) is 4.21. The Kier molecular flexibility index (Phi) is 2.42. The highest BCUT2D eigenvalue weighted by Gasteiger charge is 2.13. The zero-order chi connectivity index (χ0) is 10.7. The summed E-state index contributed by atoms with van der Waals surface area (Å²) in [5, 5.41) is 3.49. The first-order chi connectivity index (χ1) is 7.31. The molecule has 0 aliphatic rings. The van der Waals surface area contributed by atoms with E-state index in [9.17, 15) is 4.79 Å². The molecule has 0 saturated heterocycles. The molecule has 0 fully saturated rings. The number of carbonyl (C=O) groups excluding carboxylic acids is 1. The highest BCUT2D eigenvalue weighted by molar-refractivity contribution is 5.90. The summed E-state index contributed by atoms with van der Waals surface area (Å²) >= 11 is 0. The number of aromatic nitrogens is 2. The first kappa shape index (κ1) is 9.35. The molecule has 3 N–H and O–H groups in total. The van der Waals surface area contributed by atoms with E-state index < -0.39 is 5.91 Å². The third-order valence-corrected chi connectivity index (χ3v) is 1.78. The van der Waals surface area contributed by atoms with Gasteiger partial charge in [0.2, 0.25) is 0 Å². The Morgan fingerprint density at radius 1 is 1.33 bits per heavy atom. The van der Waals surface area contributed by atoms with Crippen LogP contribution in [0.3, 0.4) is 0 Å². The summed E-state index contributed by atoms with van der Waals surface area (Å²) in [5.41, 5.74) is 2.67. The molecule has 1 heterocycles. The normalized spacial score (nSPS) is 9.93. The Morgan fingerprint density at radius 3 is 2.73 bits per heavy atom. The maximum Gasteiger partial charge on any atom is 0.306 e. The smallest absolute Gasteiger partial charge is 0.306 e. The molecule has 15 heavy (non-hydrogen) atoms. The van der Waals surface area contributed by atoms with Crippen LogP contribution in [0.2, 0.25) is 0 Å². The summed E-state index contributed by atoms with van der Waals surface area (Å²) in [4.78, 5) is 14.9. The summed E-state index contributed by atoms with van der Waals surface area (Å²) in [6, 6.07) is 9.15. The molecule has 0 bridgehead atoms. The Bertz CT molecular complexity index is 466. The van der Waals surface area contributed by atoms with E-state index in [0.29, 0.717) is 0 Å². The topological polar surface area (TPSA) is 94.0 Å². The van der Waals surface area contributed by atoms with Gasteiger partial charge in [0.25, 0.3) is 11.7 Å². The maximum absolute atomic E-state index is 11.0. The largest absolute Gasteiger partial charge is 0.333 e. The van der Waals surface area contributed by atoms with Crippen LogP contribution in [0.15, 0.2) is 34.9 Å². The number of benzene rings is 1. The molecule has 6 nitrogen and oxygen atoms in total. The molecule has 2 rings (SSSR count). The van der Waals surface area contributed by atoms with Gasteiger partial charge in [0, 0.05) is 5.56 Å². The number of nitrogens with zero attached hydrogens (tertiary/aromatic N) is 2. The van der Waals surface area contributed by atoms with Crippen molar-refractivity contribution in [3.8, 4) is 11.5 Å². The van der Waals surface area contributed by atoms with Crippen LogP contribution in [0.4, 0.5) is 0 Å². The molecule has 0 aliphatic carbocycles. The van der Waals surface area contributed by atoms with Crippen molar-refractivity contribution < 1.29 is 9.32 Å². The van der Waals surface area contributed by atoms with E-state index in [2.05, 4.69) is 10.1 Å². The molecule has 1 aromatic carbocycles. The highest BCUT2D eigenvalue weighted by atomic mass is 16.5. The molecule has 6 heteroatoms. The lowest BCUT2D eigenvalue weighted by Crippen LogP contribution is -2.30. The van der Waals surface area contributed by atoms with Crippen LogP contribution in [0.1, 0.15) is 10.6 Å². The molecule has 0 saturated carbocycles. The lowest BCUT2D eigenvalue weighted by Gasteiger charge is -1.90. The van der Waals surface area contributed by atoms with Crippen molar-refractivity contribution in [1.82, 2.24) is 15.6 Å². The number of carbonyl (C=O) groups is 1. The fourth-order valence-corrected chi connectivity index (χ4v) is 1.08. The molecule has 0 spiro atoms. The van der Waals surface area contributed by atoms with Crippen LogP contribution < -0.4 is 11.3 Å². The van der Waals surface area contributed by atoms with E-state index in [0.717, 1.165) is 5.56 Å². The summed E-state index contributed by atoms with van der Waals surface area (Å²) in [5.74, 6) is 4.55. The fraction of sp³-hybridized carbons (Fsp3) is 0. The Hall–Kier alpha value is -2.21. The van der Waals surface area contributed by atoms with Crippen LogP contribution in [-0.2, 0) is 0 Å². The minimum atomic E-state index is -0.582. The van der Waals surface area contributed by atoms with Gasteiger partial charge in [-0.05, 0) is 12.1 Å². The number of hydrazine groups is 1. The molecule has 0 aliphatic heterocycles. The second-order valence-electron chi connectivity index (χ2n) is 2.76. The van der Waals surface area contributed by atoms with Gasteiger partial charge in [-0.25, -0.2) is 5.84 Å². The molecule has 2 aromatic rings. The Morgan fingerprint density at radius 2 is 2.07 bits per heavy atom. The van der Waals surface area contributed by atoms with Crippen molar-refractivity contribution in [2.75, 3.05) is 0 Å². The van der Waals surface area contributed by atoms with Crippen molar-refractivity contribution in [2.24, 2.45) is 5.84 Å². The number of hydrogen-bond acceptors (Lipinski definition) is 5. The lowest BCUT2D eigenvalue weighted by atomic mass is 10.2. The zero-order valence-electron chi connectivity index (χ0n) is 7.68. The second kappa shape index (κ2) is 3.89. The molecular weight excluding hydrogens is 196 g/mol. The number of nitrogens with one attached hydrogen (secondary N) is 1. The van der Waals surface area contributed by atoms with E-state index in [1.54, 1.807) is 12.1 Å². The molecule has 76 valence electrons. The van der Waals surface area contributed by atoms with Gasteiger partial charge >= 0.3 is 5.91 Å². The molecule has 1 aromatic heterocycles. The fourth-order valence-electron chi connectivity index (χ4n) is 1.08. The molecular formula is C9H8N4O2. The number of nitrogens with two attached hydrogens (primary N) is 1. The van der Waals surface area contributed by atoms with Crippen molar-refractivity contribution >= 4 is 5.91 Å². The average Bonchev–Trinajstić information content (AvgIpc) is 2.78. The molecule has 0 radical (unpaired) electrons. The van der Waals surface area contributed by atoms with Gasteiger partial charge in [-0.15, -0.1) is 0 Å². The lowest BCUT2D eigenvalue weighted by molar-refractivity contribution is 0.0940. The van der Waals surface area contributed by atoms with Gasteiger partial charge in [0.1, 0.15) is 0 Å². The van der Waals surface area contributed by atoms with Gasteiger partial charge in [-0.1, -0.05) is 23.4 Å². The third kappa shape index (κ3) is 1.84. The predicted molar refractivity (Wildman–Crippen MR) is 51.4 cm³/mol. The first-order valence-electron chi connectivity index (χ1n) is 4.21. The van der Waals surface area contributed by atoms with E-state index in [4.69, 9.17) is 10.4 Å².